The van der Waals surface area contributed by atoms with Gasteiger partial charge in [0.05, 0.1) is 21.3 Å². The van der Waals surface area contributed by atoms with Gasteiger partial charge in [0, 0.05) is 6.61 Å². The molecule has 1 aliphatic rings. The molecule has 1 aliphatic carbocycles. The van der Waals surface area contributed by atoms with E-state index in [9.17, 15) is 9.50 Å². The van der Waals surface area contributed by atoms with Crippen LogP contribution in [-0.2, 0) is 0 Å². The minimum absolute atomic E-state index is 0.0140. The van der Waals surface area contributed by atoms with Crippen molar-refractivity contribution in [3.8, 4) is 17.2 Å². The van der Waals surface area contributed by atoms with Crippen LogP contribution in [0.2, 0.25) is 0 Å². The van der Waals surface area contributed by atoms with Gasteiger partial charge < -0.3 is 19.3 Å². The van der Waals surface area contributed by atoms with Crippen molar-refractivity contribution >= 4 is 17.2 Å². The van der Waals surface area contributed by atoms with E-state index in [1.165, 1.54) is 12.1 Å². The van der Waals surface area contributed by atoms with E-state index in [-0.39, 0.29) is 12.4 Å². The van der Waals surface area contributed by atoms with Crippen LogP contribution in [0.1, 0.15) is 30.0 Å². The summed E-state index contributed by atoms with van der Waals surface area (Å²) >= 11 is 0. The van der Waals surface area contributed by atoms with Crippen molar-refractivity contribution in [2.75, 3.05) is 27.9 Å². The van der Waals surface area contributed by atoms with Gasteiger partial charge >= 0.3 is 0 Å². The number of methoxy groups -OCH3 is 3. The number of hydrogen-bond donors (Lipinski definition) is 1. The van der Waals surface area contributed by atoms with Crippen LogP contribution in [-0.4, -0.2) is 33.0 Å². The Kier molecular flexibility index (Phi) is 5.51. The van der Waals surface area contributed by atoms with Crippen LogP contribution < -0.4 is 14.2 Å². The first kappa shape index (κ1) is 19.0. The lowest BCUT2D eigenvalue weighted by Gasteiger charge is -2.13. The molecule has 0 atom stereocenters. The molecule has 3 rings (SSSR count). The molecule has 4 nitrogen and oxygen atoms in total. The highest BCUT2D eigenvalue weighted by atomic mass is 19.1. The van der Waals surface area contributed by atoms with Crippen LogP contribution >= 0.6 is 0 Å². The molecule has 27 heavy (non-hydrogen) atoms. The van der Waals surface area contributed by atoms with Crippen LogP contribution in [0.4, 0.5) is 4.39 Å². The largest absolute Gasteiger partial charge is 0.493 e. The molecule has 142 valence electrons. The summed E-state index contributed by atoms with van der Waals surface area (Å²) in [5.41, 5.74) is 5.64. The van der Waals surface area contributed by atoms with Gasteiger partial charge in [-0.05, 0) is 77.1 Å². The maximum absolute atomic E-state index is 13.8. The first-order valence-corrected chi connectivity index (χ1v) is 8.67. The molecule has 0 heterocycles. The zero-order valence-corrected chi connectivity index (χ0v) is 15.9. The lowest BCUT2D eigenvalue weighted by molar-refractivity contribution is 0.305. The zero-order chi connectivity index (χ0) is 19.6. The quantitative estimate of drug-likeness (QED) is 0.810. The number of aliphatic hydroxyl groups excluding tert-OH is 1. The monoisotopic (exact) mass is 370 g/mol. The lowest BCUT2D eigenvalue weighted by atomic mass is 10.00. The van der Waals surface area contributed by atoms with Crippen molar-refractivity contribution in [2.24, 2.45) is 0 Å². The Hall–Kier alpha value is -2.79. The summed E-state index contributed by atoms with van der Waals surface area (Å²) in [6, 6.07) is 8.50. The van der Waals surface area contributed by atoms with E-state index < -0.39 is 0 Å². The molecule has 0 bridgehead atoms. The molecular weight excluding hydrogens is 347 g/mol. The number of ether oxygens (including phenoxy) is 3. The molecule has 0 amide bonds. The number of fused-ring (bicyclic) bond motifs is 1. The van der Waals surface area contributed by atoms with E-state index in [0.717, 1.165) is 33.4 Å². The van der Waals surface area contributed by atoms with Crippen molar-refractivity contribution < 1.29 is 23.7 Å². The Labute approximate surface area is 158 Å². The van der Waals surface area contributed by atoms with E-state index in [1.807, 2.05) is 25.1 Å². The van der Waals surface area contributed by atoms with Crippen LogP contribution in [0, 0.1) is 5.82 Å². The molecular formula is C22H23FO4. The Balaban J connectivity index is 2.18. The highest BCUT2D eigenvalue weighted by molar-refractivity contribution is 6.05. The summed E-state index contributed by atoms with van der Waals surface area (Å²) in [5.74, 6) is 1.38. The number of rotatable bonds is 6. The second-order valence-electron chi connectivity index (χ2n) is 6.28. The maximum Gasteiger partial charge on any atom is 0.203 e. The van der Waals surface area contributed by atoms with Crippen molar-refractivity contribution in [1.29, 1.82) is 0 Å². The van der Waals surface area contributed by atoms with Gasteiger partial charge in [0.1, 0.15) is 5.82 Å². The third-order valence-corrected chi connectivity index (χ3v) is 4.81. The minimum Gasteiger partial charge on any atom is -0.493 e. The van der Waals surface area contributed by atoms with Gasteiger partial charge in [-0.25, -0.2) is 4.39 Å². The molecule has 2 aromatic carbocycles. The fourth-order valence-corrected chi connectivity index (χ4v) is 3.54. The average molecular weight is 370 g/mol. The second kappa shape index (κ2) is 7.84. The van der Waals surface area contributed by atoms with E-state index >= 15 is 0 Å². The molecule has 0 aliphatic heterocycles. The van der Waals surface area contributed by atoms with E-state index in [4.69, 9.17) is 14.2 Å². The Morgan fingerprint density at radius 2 is 1.63 bits per heavy atom. The average Bonchev–Trinajstić information content (AvgIpc) is 2.92. The normalized spacial score (nSPS) is 14.5. The molecule has 0 saturated carbocycles. The molecule has 0 radical (unpaired) electrons. The van der Waals surface area contributed by atoms with Crippen molar-refractivity contribution in [1.82, 2.24) is 0 Å². The highest BCUT2D eigenvalue weighted by Crippen LogP contribution is 2.45. The molecule has 0 aromatic heterocycles. The molecule has 0 spiro atoms. The van der Waals surface area contributed by atoms with E-state index in [2.05, 4.69) is 0 Å². The highest BCUT2D eigenvalue weighted by Gasteiger charge is 2.24. The van der Waals surface area contributed by atoms with Crippen LogP contribution in [0.3, 0.4) is 0 Å². The standard InChI is InChI=1S/C22H23FO4/c1-13-16(7-8-24)19-12-15(23)5-6-17(19)18(13)9-14-10-20(25-2)22(27-4)21(11-14)26-3/h5-6,9-12,24H,7-8H2,1-4H3/b18-9-. The van der Waals surface area contributed by atoms with Gasteiger partial charge in [0.15, 0.2) is 11.5 Å². The van der Waals surface area contributed by atoms with Crippen LogP contribution in [0.5, 0.6) is 17.2 Å². The number of aliphatic hydroxyl groups is 1. The lowest BCUT2D eigenvalue weighted by Crippen LogP contribution is -1.95. The van der Waals surface area contributed by atoms with E-state index in [0.29, 0.717) is 23.7 Å². The van der Waals surface area contributed by atoms with Crippen molar-refractivity contribution in [2.45, 2.75) is 13.3 Å². The van der Waals surface area contributed by atoms with Gasteiger partial charge in [-0.1, -0.05) is 6.07 Å². The third-order valence-electron chi connectivity index (χ3n) is 4.81. The number of benzene rings is 2. The number of halogens is 1. The van der Waals surface area contributed by atoms with Crippen LogP contribution in [0.25, 0.3) is 17.2 Å². The smallest absolute Gasteiger partial charge is 0.203 e. The Morgan fingerprint density at radius 1 is 0.963 bits per heavy atom. The summed E-state index contributed by atoms with van der Waals surface area (Å²) < 4.78 is 30.0. The van der Waals surface area contributed by atoms with Gasteiger partial charge in [0.2, 0.25) is 5.75 Å². The predicted octanol–water partition coefficient (Wildman–Crippen LogP) is 4.56. The molecule has 2 aromatic rings. The summed E-state index contributed by atoms with van der Waals surface area (Å²) in [6.45, 7) is 2.01. The van der Waals surface area contributed by atoms with Crippen molar-refractivity contribution in [3.63, 3.8) is 0 Å². The zero-order valence-electron chi connectivity index (χ0n) is 15.9. The van der Waals surface area contributed by atoms with Crippen molar-refractivity contribution in [3.05, 3.63) is 58.4 Å². The van der Waals surface area contributed by atoms with Gasteiger partial charge in [-0.3, -0.25) is 0 Å². The van der Waals surface area contributed by atoms with Crippen LogP contribution in [0.15, 0.2) is 35.9 Å². The Morgan fingerprint density at radius 3 is 2.19 bits per heavy atom. The molecule has 5 heteroatoms. The topological polar surface area (TPSA) is 47.9 Å². The summed E-state index contributed by atoms with van der Waals surface area (Å²) in [5, 5.41) is 9.42. The van der Waals surface area contributed by atoms with Gasteiger partial charge in [-0.15, -0.1) is 0 Å². The third kappa shape index (κ3) is 3.43. The molecule has 0 saturated heterocycles. The summed E-state index contributed by atoms with van der Waals surface area (Å²) in [4.78, 5) is 0. The van der Waals surface area contributed by atoms with Gasteiger partial charge in [0.25, 0.3) is 0 Å². The first-order valence-electron chi connectivity index (χ1n) is 8.67. The fraction of sp³-hybridized carbons (Fsp3) is 0.273. The number of allylic oxidation sites excluding steroid dienone is 2. The SMILES string of the molecule is COc1cc(/C=C2/C(C)=C(CCO)c3cc(F)ccc32)cc(OC)c1OC. The minimum atomic E-state index is -0.286. The molecule has 0 unspecified atom stereocenters. The fourth-order valence-electron chi connectivity index (χ4n) is 3.54. The Bertz CT molecular complexity index is 903. The maximum atomic E-state index is 13.8. The summed E-state index contributed by atoms with van der Waals surface area (Å²) in [7, 11) is 4.72. The van der Waals surface area contributed by atoms with Gasteiger partial charge in [-0.2, -0.15) is 0 Å². The summed E-state index contributed by atoms with van der Waals surface area (Å²) in [6.07, 6.45) is 2.50. The molecule has 1 N–H and O–H groups in total. The second-order valence-corrected chi connectivity index (χ2v) is 6.28. The number of hydrogen-bond acceptors (Lipinski definition) is 4. The first-order chi connectivity index (χ1) is 13.0. The molecule has 0 fully saturated rings. The predicted molar refractivity (Wildman–Crippen MR) is 105 cm³/mol. The van der Waals surface area contributed by atoms with E-state index in [1.54, 1.807) is 27.4 Å².